The SMILES string of the molecule is COC(CO[Si](c1ccccc1)(c1ccccc1)C(C)(C)C)[C@@H](CC(O[C@H]1CC[C@@]2(C)[C@@H](CC[C@@H]3[C@@H]2CC[C@]2(C)[C@@H]([C@@H](C)CCCC(C)C)CC[C@@H]32)C1)SC)OC. The Balaban J connectivity index is 1.08. The van der Waals surface area contributed by atoms with E-state index in [1.165, 1.54) is 87.4 Å². The number of rotatable bonds is 18. The topological polar surface area (TPSA) is 36.9 Å². The van der Waals surface area contributed by atoms with E-state index >= 15 is 0 Å². The summed E-state index contributed by atoms with van der Waals surface area (Å²) >= 11 is 1.83. The molecule has 6 heteroatoms. The van der Waals surface area contributed by atoms with E-state index < -0.39 is 8.32 Å². The van der Waals surface area contributed by atoms with Crippen molar-refractivity contribution >= 4 is 30.5 Å². The van der Waals surface area contributed by atoms with Crippen LogP contribution in [0.3, 0.4) is 0 Å². The van der Waals surface area contributed by atoms with E-state index in [1.54, 1.807) is 0 Å². The molecule has 0 saturated heterocycles. The summed E-state index contributed by atoms with van der Waals surface area (Å²) in [5, 5.41) is 2.47. The molecule has 4 aliphatic carbocycles. The maximum atomic E-state index is 7.34. The molecule has 0 amide bonds. The average Bonchev–Trinajstić information content (AvgIpc) is 3.56. The minimum Gasteiger partial charge on any atom is -0.405 e. The zero-order chi connectivity index (χ0) is 41.0. The molecule has 4 aliphatic rings. The Morgan fingerprint density at radius 1 is 0.754 bits per heavy atom. The monoisotopic (exact) mass is 819 g/mol. The van der Waals surface area contributed by atoms with Crippen LogP contribution in [-0.4, -0.2) is 59.1 Å². The minimum atomic E-state index is -2.71. The van der Waals surface area contributed by atoms with Crippen molar-refractivity contribution in [1.82, 2.24) is 0 Å². The van der Waals surface area contributed by atoms with Crippen LogP contribution in [0.5, 0.6) is 0 Å². The van der Waals surface area contributed by atoms with Crippen LogP contribution in [0.25, 0.3) is 0 Å². The maximum absolute atomic E-state index is 7.34. The zero-order valence-corrected chi connectivity index (χ0v) is 39.9. The van der Waals surface area contributed by atoms with Gasteiger partial charge in [-0.15, -0.1) is 11.8 Å². The van der Waals surface area contributed by atoms with Crippen molar-refractivity contribution in [2.75, 3.05) is 27.1 Å². The predicted octanol–water partition coefficient (Wildman–Crippen LogP) is 12.2. The van der Waals surface area contributed by atoms with Crippen LogP contribution in [0.1, 0.15) is 139 Å². The van der Waals surface area contributed by atoms with Crippen molar-refractivity contribution in [1.29, 1.82) is 0 Å². The molecule has 2 aromatic carbocycles. The largest absolute Gasteiger partial charge is 0.405 e. The Bertz CT molecular complexity index is 1470. The van der Waals surface area contributed by atoms with E-state index in [0.29, 0.717) is 23.5 Å². The van der Waals surface area contributed by atoms with Crippen LogP contribution < -0.4 is 10.4 Å². The van der Waals surface area contributed by atoms with Gasteiger partial charge < -0.3 is 18.6 Å². The quantitative estimate of drug-likeness (QED) is 0.111. The molecule has 0 aromatic heterocycles. The first-order valence-electron chi connectivity index (χ1n) is 23.2. The molecule has 2 unspecified atom stereocenters. The number of hydrogen-bond acceptors (Lipinski definition) is 5. The van der Waals surface area contributed by atoms with Gasteiger partial charge in [0.05, 0.1) is 18.8 Å². The lowest BCUT2D eigenvalue weighted by Gasteiger charge is -2.61. The molecule has 0 radical (unpaired) electrons. The van der Waals surface area contributed by atoms with Gasteiger partial charge in [-0.3, -0.25) is 0 Å². The Morgan fingerprint density at radius 3 is 1.95 bits per heavy atom. The summed E-state index contributed by atoms with van der Waals surface area (Å²) in [6.45, 7) is 20.3. The Morgan fingerprint density at radius 2 is 1.37 bits per heavy atom. The summed E-state index contributed by atoms with van der Waals surface area (Å²) in [4.78, 5) is 0. The molecule has 0 N–H and O–H groups in total. The predicted molar refractivity (Wildman–Crippen MR) is 245 cm³/mol. The van der Waals surface area contributed by atoms with Crippen LogP contribution in [-0.2, 0) is 18.6 Å². The third-order valence-electron chi connectivity index (χ3n) is 16.8. The average molecular weight is 819 g/mol. The number of ether oxygens (including phenoxy) is 3. The van der Waals surface area contributed by atoms with Crippen molar-refractivity contribution in [3.05, 3.63) is 60.7 Å². The fourth-order valence-electron chi connectivity index (χ4n) is 13.7. The molecular formula is C51H82O4SSi. The van der Waals surface area contributed by atoms with Crippen molar-refractivity contribution in [3.8, 4) is 0 Å². The minimum absolute atomic E-state index is 0.0551. The number of methoxy groups -OCH3 is 2. The van der Waals surface area contributed by atoms with Gasteiger partial charge in [-0.1, -0.05) is 135 Å². The molecule has 4 fully saturated rings. The molecule has 2 aromatic rings. The second-order valence-electron chi connectivity index (χ2n) is 21.1. The lowest BCUT2D eigenvalue weighted by atomic mass is 9.44. The number of benzene rings is 2. The Hall–Kier alpha value is -1.15. The molecule has 6 rings (SSSR count). The highest BCUT2D eigenvalue weighted by Gasteiger charge is 2.61. The van der Waals surface area contributed by atoms with Crippen molar-refractivity contribution < 1.29 is 18.6 Å². The first-order chi connectivity index (χ1) is 27.2. The molecule has 4 saturated carbocycles. The molecular weight excluding hydrogens is 737 g/mol. The highest BCUT2D eigenvalue weighted by molar-refractivity contribution is 7.99. The fraction of sp³-hybridized carbons (Fsp3) is 0.765. The molecule has 0 heterocycles. The fourth-order valence-corrected chi connectivity index (χ4v) is 18.9. The third-order valence-corrected chi connectivity index (χ3v) is 22.6. The normalized spacial score (nSPS) is 32.6. The Kier molecular flexibility index (Phi) is 15.3. The molecule has 0 bridgehead atoms. The van der Waals surface area contributed by atoms with Gasteiger partial charge in [0, 0.05) is 20.6 Å². The summed E-state index contributed by atoms with van der Waals surface area (Å²) in [6.07, 6.45) is 19.7. The lowest BCUT2D eigenvalue weighted by molar-refractivity contribution is -0.142. The van der Waals surface area contributed by atoms with E-state index in [9.17, 15) is 0 Å². The van der Waals surface area contributed by atoms with Gasteiger partial charge in [0.1, 0.15) is 11.5 Å². The number of thioether (sulfide) groups is 1. The van der Waals surface area contributed by atoms with Crippen LogP contribution >= 0.6 is 11.8 Å². The van der Waals surface area contributed by atoms with Gasteiger partial charge in [0.2, 0.25) is 0 Å². The summed E-state index contributed by atoms with van der Waals surface area (Å²) in [5.41, 5.74) is 1.09. The molecule has 0 aliphatic heterocycles. The van der Waals surface area contributed by atoms with Gasteiger partial charge in [-0.05, 0) is 132 Å². The molecule has 12 atom stereocenters. The second-order valence-corrected chi connectivity index (χ2v) is 26.4. The van der Waals surface area contributed by atoms with Gasteiger partial charge in [0.25, 0.3) is 8.32 Å². The van der Waals surface area contributed by atoms with Crippen molar-refractivity contribution in [2.24, 2.45) is 52.3 Å². The lowest BCUT2D eigenvalue weighted by Crippen LogP contribution is -2.67. The zero-order valence-electron chi connectivity index (χ0n) is 38.1. The summed E-state index contributed by atoms with van der Waals surface area (Å²) in [5.74, 6) is 6.21. The number of fused-ring (bicyclic) bond motifs is 5. The standard InChI is InChI=1S/C51H82O4SSi/c1-36(2)19-18-20-37(3)43-27-28-44-42-26-25-38-33-39(29-31-50(38,7)45(42)30-32-51(43,44)8)55-48(56-11)34-46(52-9)47(53-10)35-54-57(49(4,5)6,40-21-14-12-15-22-40)41-23-16-13-17-24-41/h12-17,21-24,36-39,42-48H,18-20,25-35H2,1-11H3/t37-,38-,39-,42-,43+,44-,45-,46+,47?,48?,50-,51+/m0/s1. The molecule has 57 heavy (non-hydrogen) atoms. The highest BCUT2D eigenvalue weighted by Crippen LogP contribution is 2.68. The first-order valence-corrected chi connectivity index (χ1v) is 26.4. The Labute approximate surface area is 355 Å². The van der Waals surface area contributed by atoms with Gasteiger partial charge in [-0.25, -0.2) is 0 Å². The van der Waals surface area contributed by atoms with Gasteiger partial charge in [0.15, 0.2) is 0 Å². The van der Waals surface area contributed by atoms with E-state index in [4.69, 9.17) is 18.6 Å². The first kappa shape index (κ1) is 45.4. The second kappa shape index (κ2) is 19.3. The smallest absolute Gasteiger partial charge is 0.261 e. The van der Waals surface area contributed by atoms with E-state index in [-0.39, 0.29) is 22.7 Å². The molecule has 4 nitrogen and oxygen atoms in total. The summed E-state index contributed by atoms with van der Waals surface area (Å²) < 4.78 is 26.9. The highest BCUT2D eigenvalue weighted by atomic mass is 32.2. The van der Waals surface area contributed by atoms with Gasteiger partial charge in [-0.2, -0.15) is 0 Å². The maximum Gasteiger partial charge on any atom is 0.261 e. The number of hydrogen-bond donors (Lipinski definition) is 0. The molecule has 320 valence electrons. The summed E-state index contributed by atoms with van der Waals surface area (Å²) in [6, 6.07) is 21.8. The van der Waals surface area contributed by atoms with Crippen LogP contribution in [0, 0.1) is 52.3 Å². The van der Waals surface area contributed by atoms with Gasteiger partial charge >= 0.3 is 0 Å². The van der Waals surface area contributed by atoms with E-state index in [1.807, 2.05) is 26.0 Å². The molecule has 0 spiro atoms. The van der Waals surface area contributed by atoms with Crippen LogP contribution in [0.4, 0.5) is 0 Å². The third kappa shape index (κ3) is 9.37. The van der Waals surface area contributed by atoms with Crippen LogP contribution in [0.15, 0.2) is 60.7 Å². The van der Waals surface area contributed by atoms with E-state index in [2.05, 4.69) is 122 Å². The van der Waals surface area contributed by atoms with E-state index in [0.717, 1.165) is 47.8 Å². The van der Waals surface area contributed by atoms with Crippen molar-refractivity contribution in [3.63, 3.8) is 0 Å². The van der Waals surface area contributed by atoms with Crippen LogP contribution in [0.2, 0.25) is 5.04 Å². The van der Waals surface area contributed by atoms with Crippen molar-refractivity contribution in [2.45, 2.75) is 168 Å². The summed E-state index contributed by atoms with van der Waals surface area (Å²) in [7, 11) is 0.935.